The Morgan fingerprint density at radius 3 is 2.28 bits per heavy atom. The van der Waals surface area contributed by atoms with Gasteiger partial charge in [0, 0.05) is 5.41 Å². The molecule has 0 saturated carbocycles. The lowest BCUT2D eigenvalue weighted by Crippen LogP contribution is -2.23. The summed E-state index contributed by atoms with van der Waals surface area (Å²) in [5.41, 5.74) is 6.25. The van der Waals surface area contributed by atoms with Crippen LogP contribution in [-0.2, 0) is 4.79 Å². The molecule has 0 aromatic carbocycles. The van der Waals surface area contributed by atoms with Crippen molar-refractivity contribution in [1.29, 1.82) is 0 Å². The predicted octanol–water partition coefficient (Wildman–Crippen LogP) is 6.83. The van der Waals surface area contributed by atoms with Crippen molar-refractivity contribution in [2.45, 2.75) is 54.4 Å². The Balaban J connectivity index is 3.02. The zero-order chi connectivity index (χ0) is 19.0. The maximum Gasteiger partial charge on any atom is 0.152 e. The number of allylic oxidation sites excluding steroid dienone is 13. The molecule has 0 atom stereocenters. The van der Waals surface area contributed by atoms with Gasteiger partial charge in [-0.15, -0.1) is 0 Å². The van der Waals surface area contributed by atoms with Gasteiger partial charge in [-0.25, -0.2) is 0 Å². The Morgan fingerprint density at radius 1 is 1.04 bits per heavy atom. The van der Waals surface area contributed by atoms with E-state index in [1.54, 1.807) is 13.0 Å². The minimum atomic E-state index is -0.0933. The molecule has 0 spiro atoms. The number of rotatable bonds is 6. The summed E-state index contributed by atoms with van der Waals surface area (Å²) in [6.07, 6.45) is 18.2. The summed E-state index contributed by atoms with van der Waals surface area (Å²) in [4.78, 5) is 11.5. The fraction of sp³-hybridized carbons (Fsp3) is 0.375. The molecule has 1 aliphatic carbocycles. The van der Waals surface area contributed by atoms with Crippen LogP contribution < -0.4 is 0 Å². The lowest BCUT2D eigenvalue weighted by molar-refractivity contribution is -0.112. The van der Waals surface area contributed by atoms with Gasteiger partial charge in [-0.2, -0.15) is 0 Å². The highest BCUT2D eigenvalue weighted by atomic mass is 16.1. The number of ketones is 1. The molecule has 25 heavy (non-hydrogen) atoms. The highest BCUT2D eigenvalue weighted by Crippen LogP contribution is 2.44. The van der Waals surface area contributed by atoms with Crippen molar-refractivity contribution in [1.82, 2.24) is 0 Å². The van der Waals surface area contributed by atoms with Gasteiger partial charge in [0.1, 0.15) is 0 Å². The fourth-order valence-corrected chi connectivity index (χ4v) is 3.19. The van der Waals surface area contributed by atoms with Crippen LogP contribution in [-0.4, -0.2) is 5.78 Å². The van der Waals surface area contributed by atoms with Gasteiger partial charge in [-0.3, -0.25) is 4.79 Å². The molecule has 0 unspecified atom stereocenters. The van der Waals surface area contributed by atoms with Crippen molar-refractivity contribution in [3.05, 3.63) is 83.1 Å². The molecule has 1 rings (SSSR count). The van der Waals surface area contributed by atoms with Gasteiger partial charge in [0.05, 0.1) is 0 Å². The van der Waals surface area contributed by atoms with E-state index < -0.39 is 0 Å². The van der Waals surface area contributed by atoms with Crippen LogP contribution in [0.5, 0.6) is 0 Å². The standard InChI is InChI=1S/C24H32O/c1-8-10-18(2)11-9-12-19(3)13-16-23-20(4)14-15-22(17-21(5)25)24(23,6)7/h8-13,16-17H,1,14-15H2,2-7H3/b11-9+,16-13+,18-10+,19-12+,22-17+. The van der Waals surface area contributed by atoms with Crippen molar-refractivity contribution in [2.24, 2.45) is 5.41 Å². The number of carbonyl (C=O) groups excluding carboxylic acids is 1. The number of carbonyl (C=O) groups is 1. The molecule has 1 aliphatic rings. The Labute approximate surface area is 153 Å². The third-order valence-electron chi connectivity index (χ3n) is 4.69. The van der Waals surface area contributed by atoms with E-state index in [0.717, 1.165) is 12.8 Å². The maximum atomic E-state index is 11.5. The van der Waals surface area contributed by atoms with Gasteiger partial charge in [-0.05, 0) is 52.2 Å². The van der Waals surface area contributed by atoms with Crippen LogP contribution in [0.3, 0.4) is 0 Å². The van der Waals surface area contributed by atoms with Gasteiger partial charge in [-0.1, -0.05) is 85.3 Å². The highest BCUT2D eigenvalue weighted by Gasteiger charge is 2.31. The second kappa shape index (κ2) is 9.36. The van der Waals surface area contributed by atoms with Crippen LogP contribution in [0.4, 0.5) is 0 Å². The Hall–Kier alpha value is -2.15. The summed E-state index contributed by atoms with van der Waals surface area (Å²) in [5.74, 6) is 0.134. The average Bonchev–Trinajstić information content (AvgIpc) is 2.50. The van der Waals surface area contributed by atoms with E-state index in [1.807, 2.05) is 12.2 Å². The van der Waals surface area contributed by atoms with Crippen LogP contribution in [0, 0.1) is 5.41 Å². The molecule has 0 aliphatic heterocycles. The minimum Gasteiger partial charge on any atom is -0.295 e. The van der Waals surface area contributed by atoms with E-state index in [4.69, 9.17) is 0 Å². The lowest BCUT2D eigenvalue weighted by atomic mass is 9.68. The second-order valence-corrected chi connectivity index (χ2v) is 7.35. The van der Waals surface area contributed by atoms with E-state index in [0.29, 0.717) is 0 Å². The zero-order valence-corrected chi connectivity index (χ0v) is 16.6. The van der Waals surface area contributed by atoms with E-state index in [2.05, 4.69) is 71.6 Å². The summed E-state index contributed by atoms with van der Waals surface area (Å²) in [7, 11) is 0. The first-order chi connectivity index (χ1) is 11.7. The zero-order valence-electron chi connectivity index (χ0n) is 16.6. The molecule has 0 radical (unpaired) electrons. The first kappa shape index (κ1) is 20.9. The monoisotopic (exact) mass is 336 g/mol. The quantitative estimate of drug-likeness (QED) is 0.384. The van der Waals surface area contributed by atoms with E-state index >= 15 is 0 Å². The summed E-state index contributed by atoms with van der Waals surface area (Å²) in [6, 6.07) is 0. The minimum absolute atomic E-state index is 0.0933. The molecule has 0 aromatic rings. The van der Waals surface area contributed by atoms with E-state index in [1.165, 1.54) is 27.9 Å². The molecular formula is C24H32O. The number of hydrogen-bond donors (Lipinski definition) is 0. The summed E-state index contributed by atoms with van der Waals surface area (Å²) in [5, 5.41) is 0. The molecule has 1 nitrogen and oxygen atoms in total. The largest absolute Gasteiger partial charge is 0.295 e. The van der Waals surface area contributed by atoms with E-state index in [9.17, 15) is 4.79 Å². The smallest absolute Gasteiger partial charge is 0.152 e. The summed E-state index contributed by atoms with van der Waals surface area (Å²) < 4.78 is 0. The predicted molar refractivity (Wildman–Crippen MR) is 110 cm³/mol. The molecule has 1 heteroatoms. The van der Waals surface area contributed by atoms with Crippen molar-refractivity contribution < 1.29 is 4.79 Å². The lowest BCUT2D eigenvalue weighted by Gasteiger charge is -2.36. The SMILES string of the molecule is C=C/C=C(C)/C=C/C=C(C)/C=C/C1=C(C)CC/C(=C\C(C)=O)C1(C)C. The highest BCUT2D eigenvalue weighted by molar-refractivity contribution is 5.88. The number of hydrogen-bond acceptors (Lipinski definition) is 1. The van der Waals surface area contributed by atoms with Crippen LogP contribution in [0.15, 0.2) is 83.1 Å². The molecule has 0 bridgehead atoms. The van der Waals surface area contributed by atoms with Crippen LogP contribution in [0.2, 0.25) is 0 Å². The molecule has 0 fully saturated rings. The first-order valence-corrected chi connectivity index (χ1v) is 8.92. The Kier molecular flexibility index (Phi) is 7.83. The Bertz CT molecular complexity index is 700. The normalized spacial score (nSPS) is 20.8. The first-order valence-electron chi connectivity index (χ1n) is 8.92. The van der Waals surface area contributed by atoms with Crippen LogP contribution in [0.1, 0.15) is 54.4 Å². The molecule has 0 heterocycles. The molecule has 134 valence electrons. The third-order valence-corrected chi connectivity index (χ3v) is 4.69. The van der Waals surface area contributed by atoms with Gasteiger partial charge < -0.3 is 0 Å². The molecule has 0 N–H and O–H groups in total. The van der Waals surface area contributed by atoms with Crippen molar-refractivity contribution in [2.75, 3.05) is 0 Å². The maximum absolute atomic E-state index is 11.5. The molecular weight excluding hydrogens is 304 g/mol. The van der Waals surface area contributed by atoms with Crippen molar-refractivity contribution in [3.63, 3.8) is 0 Å². The summed E-state index contributed by atoms with van der Waals surface area (Å²) >= 11 is 0. The molecule has 0 amide bonds. The topological polar surface area (TPSA) is 17.1 Å². The van der Waals surface area contributed by atoms with Gasteiger partial charge >= 0.3 is 0 Å². The summed E-state index contributed by atoms with van der Waals surface area (Å²) in [6.45, 7) is 16.1. The fourth-order valence-electron chi connectivity index (χ4n) is 3.19. The van der Waals surface area contributed by atoms with Gasteiger partial charge in [0.25, 0.3) is 0 Å². The van der Waals surface area contributed by atoms with Crippen LogP contribution >= 0.6 is 0 Å². The third kappa shape index (κ3) is 6.34. The van der Waals surface area contributed by atoms with Crippen molar-refractivity contribution >= 4 is 5.78 Å². The average molecular weight is 337 g/mol. The molecule has 0 saturated heterocycles. The second-order valence-electron chi connectivity index (χ2n) is 7.35. The van der Waals surface area contributed by atoms with Crippen LogP contribution in [0.25, 0.3) is 0 Å². The van der Waals surface area contributed by atoms with Gasteiger partial charge in [0.15, 0.2) is 5.78 Å². The Morgan fingerprint density at radius 2 is 1.68 bits per heavy atom. The molecule has 0 aromatic heterocycles. The van der Waals surface area contributed by atoms with E-state index in [-0.39, 0.29) is 11.2 Å². The van der Waals surface area contributed by atoms with Crippen molar-refractivity contribution in [3.8, 4) is 0 Å². The van der Waals surface area contributed by atoms with Gasteiger partial charge in [0.2, 0.25) is 0 Å².